The molecule has 3 aromatic rings. The average molecular weight is 438 g/mol. The molecule has 0 N–H and O–H groups in total. The quantitative estimate of drug-likeness (QED) is 0.589. The summed E-state index contributed by atoms with van der Waals surface area (Å²) in [6, 6.07) is 7.49. The van der Waals surface area contributed by atoms with Crippen molar-refractivity contribution >= 4 is 45.0 Å². The molecule has 2 aromatic heterocycles. The summed E-state index contributed by atoms with van der Waals surface area (Å²) in [5.74, 6) is 0.680. The zero-order valence-electron chi connectivity index (χ0n) is 16.4. The molecular weight excluding hydrogens is 414 g/mol. The molecule has 0 radical (unpaired) electrons. The van der Waals surface area contributed by atoms with Gasteiger partial charge in [-0.15, -0.1) is 12.4 Å². The number of hydrogen-bond acceptors (Lipinski definition) is 7. The molecule has 1 aromatic carbocycles. The molecule has 3 heterocycles. The third kappa shape index (κ3) is 4.69. The second kappa shape index (κ2) is 9.53. The minimum Gasteiger partial charge on any atom is -0.497 e. The van der Waals surface area contributed by atoms with Crippen LogP contribution in [-0.2, 0) is 11.8 Å². The van der Waals surface area contributed by atoms with E-state index in [1.165, 1.54) is 11.3 Å². The third-order valence-corrected chi connectivity index (χ3v) is 5.89. The van der Waals surface area contributed by atoms with E-state index < -0.39 is 0 Å². The smallest absolute Gasteiger partial charge is 0.278 e. The van der Waals surface area contributed by atoms with Gasteiger partial charge < -0.3 is 9.47 Å². The number of carbonyl (C=O) groups excluding carboxylic acids is 1. The Hall–Kier alpha value is -2.20. The maximum Gasteiger partial charge on any atom is 0.278 e. The van der Waals surface area contributed by atoms with Crippen LogP contribution in [0.15, 0.2) is 30.5 Å². The number of halogens is 1. The monoisotopic (exact) mass is 437 g/mol. The summed E-state index contributed by atoms with van der Waals surface area (Å²) in [5, 5.41) is 4.82. The van der Waals surface area contributed by atoms with Crippen molar-refractivity contribution in [3.05, 3.63) is 36.2 Å². The van der Waals surface area contributed by atoms with Crippen molar-refractivity contribution in [3.8, 4) is 5.75 Å². The highest BCUT2D eigenvalue weighted by atomic mass is 35.5. The zero-order chi connectivity index (χ0) is 19.5. The van der Waals surface area contributed by atoms with E-state index in [9.17, 15) is 4.79 Å². The van der Waals surface area contributed by atoms with Gasteiger partial charge in [-0.25, -0.2) is 4.98 Å². The molecule has 0 spiro atoms. The van der Waals surface area contributed by atoms with E-state index in [0.29, 0.717) is 17.4 Å². The van der Waals surface area contributed by atoms with Crippen LogP contribution in [0.25, 0.3) is 10.2 Å². The van der Waals surface area contributed by atoms with Gasteiger partial charge in [-0.05, 0) is 24.3 Å². The molecule has 1 aliphatic heterocycles. The van der Waals surface area contributed by atoms with Crippen molar-refractivity contribution in [2.75, 3.05) is 51.4 Å². The Labute approximate surface area is 179 Å². The average Bonchev–Trinajstić information content (AvgIpc) is 3.34. The number of amides is 1. The van der Waals surface area contributed by atoms with Gasteiger partial charge in [0.2, 0.25) is 0 Å². The van der Waals surface area contributed by atoms with Crippen LogP contribution in [0.3, 0.4) is 0 Å². The van der Waals surface area contributed by atoms with Crippen molar-refractivity contribution in [2.24, 2.45) is 7.05 Å². The fourth-order valence-electron chi connectivity index (χ4n) is 3.21. The van der Waals surface area contributed by atoms with Crippen LogP contribution >= 0.6 is 23.7 Å². The number of fused-ring (bicyclic) bond motifs is 1. The fraction of sp³-hybridized carbons (Fsp3) is 0.421. The number of anilines is 1. The molecule has 1 aliphatic rings. The molecule has 0 saturated carbocycles. The van der Waals surface area contributed by atoms with Crippen molar-refractivity contribution in [3.63, 3.8) is 0 Å². The van der Waals surface area contributed by atoms with Gasteiger partial charge in [0.05, 0.1) is 30.5 Å². The number of morpholine rings is 1. The molecule has 29 heavy (non-hydrogen) atoms. The van der Waals surface area contributed by atoms with E-state index in [2.05, 4.69) is 10.00 Å². The van der Waals surface area contributed by atoms with Crippen molar-refractivity contribution in [2.45, 2.75) is 0 Å². The van der Waals surface area contributed by atoms with Crippen LogP contribution in [0.4, 0.5) is 5.13 Å². The molecule has 10 heteroatoms. The van der Waals surface area contributed by atoms with Crippen LogP contribution in [0.1, 0.15) is 10.5 Å². The Morgan fingerprint density at radius 1 is 1.31 bits per heavy atom. The Bertz CT molecular complexity index is 970. The highest BCUT2D eigenvalue weighted by molar-refractivity contribution is 7.22. The van der Waals surface area contributed by atoms with Gasteiger partial charge in [0.15, 0.2) is 5.13 Å². The summed E-state index contributed by atoms with van der Waals surface area (Å²) >= 11 is 1.49. The summed E-state index contributed by atoms with van der Waals surface area (Å²) in [6.45, 7) is 4.55. The molecule has 0 atom stereocenters. The molecule has 1 saturated heterocycles. The molecule has 0 bridgehead atoms. The number of aromatic nitrogens is 3. The van der Waals surface area contributed by atoms with Gasteiger partial charge in [-0.1, -0.05) is 11.3 Å². The predicted molar refractivity (Wildman–Crippen MR) is 116 cm³/mol. The van der Waals surface area contributed by atoms with Crippen LogP contribution in [0, 0.1) is 0 Å². The highest BCUT2D eigenvalue weighted by Gasteiger charge is 2.24. The maximum atomic E-state index is 13.3. The maximum absolute atomic E-state index is 13.3. The minimum absolute atomic E-state index is 0. The summed E-state index contributed by atoms with van der Waals surface area (Å²) in [4.78, 5) is 22.0. The Kier molecular flexibility index (Phi) is 7.07. The van der Waals surface area contributed by atoms with Crippen LogP contribution in [0.2, 0.25) is 0 Å². The number of hydrogen-bond donors (Lipinski definition) is 0. The van der Waals surface area contributed by atoms with Gasteiger partial charge >= 0.3 is 0 Å². The van der Waals surface area contributed by atoms with Gasteiger partial charge in [0, 0.05) is 39.4 Å². The summed E-state index contributed by atoms with van der Waals surface area (Å²) < 4.78 is 13.3. The lowest BCUT2D eigenvalue weighted by atomic mass is 10.3. The Morgan fingerprint density at radius 2 is 2.10 bits per heavy atom. The number of methoxy groups -OCH3 is 1. The van der Waals surface area contributed by atoms with Gasteiger partial charge in [0.25, 0.3) is 5.91 Å². The molecule has 1 amide bonds. The summed E-state index contributed by atoms with van der Waals surface area (Å²) in [5.41, 5.74) is 1.40. The first-order chi connectivity index (χ1) is 13.7. The molecule has 1 fully saturated rings. The number of nitrogens with zero attached hydrogens (tertiary/aromatic N) is 5. The normalized spacial score (nSPS) is 14.6. The van der Waals surface area contributed by atoms with Gasteiger partial charge in [0.1, 0.15) is 11.4 Å². The van der Waals surface area contributed by atoms with Crippen molar-refractivity contribution < 1.29 is 14.3 Å². The van der Waals surface area contributed by atoms with E-state index in [0.717, 1.165) is 48.8 Å². The number of aryl methyl sites for hydroxylation is 1. The first-order valence-electron chi connectivity index (χ1n) is 9.20. The number of thiazole rings is 1. The van der Waals surface area contributed by atoms with Crippen LogP contribution in [-0.4, -0.2) is 72.1 Å². The molecule has 0 aliphatic carbocycles. The van der Waals surface area contributed by atoms with E-state index >= 15 is 0 Å². The van der Waals surface area contributed by atoms with Crippen LogP contribution < -0.4 is 9.64 Å². The zero-order valence-corrected chi connectivity index (χ0v) is 18.0. The van der Waals surface area contributed by atoms with Crippen LogP contribution in [0.5, 0.6) is 5.75 Å². The largest absolute Gasteiger partial charge is 0.497 e. The molecular formula is C19H24ClN5O3S. The van der Waals surface area contributed by atoms with E-state index in [4.69, 9.17) is 14.5 Å². The van der Waals surface area contributed by atoms with Crippen molar-refractivity contribution in [1.82, 2.24) is 19.7 Å². The first kappa shape index (κ1) is 21.5. The minimum atomic E-state index is -0.0979. The topological polar surface area (TPSA) is 72.7 Å². The molecule has 8 nitrogen and oxygen atoms in total. The lowest BCUT2D eigenvalue weighted by Gasteiger charge is -2.29. The molecule has 156 valence electrons. The standard InChI is InChI=1S/C19H23N5O3S.ClH/c1-22-16(5-6-20-22)18(25)24(8-7-23-9-11-27-12-10-23)19-21-15-4-3-14(26-2)13-17(15)28-19;/h3-6,13H,7-12H2,1-2H3;1H. The Morgan fingerprint density at radius 3 is 2.79 bits per heavy atom. The number of carbonyl (C=O) groups is 1. The van der Waals surface area contributed by atoms with Gasteiger partial charge in [-0.2, -0.15) is 5.10 Å². The van der Waals surface area contributed by atoms with Gasteiger partial charge in [-0.3, -0.25) is 19.3 Å². The third-order valence-electron chi connectivity index (χ3n) is 4.84. The van der Waals surface area contributed by atoms with E-state index in [1.807, 2.05) is 18.2 Å². The SMILES string of the molecule is COc1ccc2nc(N(CCN3CCOCC3)C(=O)c3ccnn3C)sc2c1.Cl. The lowest BCUT2D eigenvalue weighted by Crippen LogP contribution is -2.43. The fourth-order valence-corrected chi connectivity index (χ4v) is 4.23. The number of rotatable bonds is 6. The number of benzene rings is 1. The van der Waals surface area contributed by atoms with E-state index in [1.54, 1.807) is 36.0 Å². The molecule has 4 rings (SSSR count). The highest BCUT2D eigenvalue weighted by Crippen LogP contribution is 2.32. The predicted octanol–water partition coefficient (Wildman–Crippen LogP) is 2.44. The molecule has 0 unspecified atom stereocenters. The Balaban J connectivity index is 0.00000240. The van der Waals surface area contributed by atoms with Crippen molar-refractivity contribution in [1.29, 1.82) is 0 Å². The summed E-state index contributed by atoms with van der Waals surface area (Å²) in [7, 11) is 3.42. The first-order valence-corrected chi connectivity index (χ1v) is 10.0. The van der Waals surface area contributed by atoms with E-state index in [-0.39, 0.29) is 18.3 Å². The number of ether oxygens (including phenoxy) is 2. The second-order valence-electron chi connectivity index (χ2n) is 6.58. The summed E-state index contributed by atoms with van der Waals surface area (Å²) in [6.07, 6.45) is 1.64. The lowest BCUT2D eigenvalue weighted by molar-refractivity contribution is 0.0391. The second-order valence-corrected chi connectivity index (χ2v) is 7.59.